The van der Waals surface area contributed by atoms with Crippen LogP contribution in [0.4, 0.5) is 5.82 Å². The maximum atomic E-state index is 11.8. The molecule has 2 N–H and O–H groups in total. The second-order valence-corrected chi connectivity index (χ2v) is 6.20. The maximum absolute atomic E-state index is 11.8. The number of hydrogen-bond donors (Lipinski definition) is 2. The van der Waals surface area contributed by atoms with Crippen molar-refractivity contribution >= 4 is 29.4 Å². The third-order valence-electron chi connectivity index (χ3n) is 3.64. The topological polar surface area (TPSA) is 84.7 Å². The fourth-order valence-corrected chi connectivity index (χ4v) is 2.42. The molecule has 0 radical (unpaired) electrons. The van der Waals surface area contributed by atoms with E-state index in [-0.39, 0.29) is 5.91 Å². The van der Waals surface area contributed by atoms with E-state index in [0.717, 1.165) is 11.3 Å². The van der Waals surface area contributed by atoms with Gasteiger partial charge in [0.05, 0.1) is 5.69 Å². The molecular formula is C19H19ClN6O. The Kier molecular flexibility index (Phi) is 6.17. The van der Waals surface area contributed by atoms with Crippen molar-refractivity contribution in [2.45, 2.75) is 6.92 Å². The average molecular weight is 383 g/mol. The van der Waals surface area contributed by atoms with Crippen LogP contribution < -0.4 is 10.6 Å². The Labute approximate surface area is 162 Å². The fraction of sp³-hybridized carbons (Fsp3) is 0.158. The van der Waals surface area contributed by atoms with E-state index in [1.54, 1.807) is 29.0 Å². The van der Waals surface area contributed by atoms with Gasteiger partial charge in [0.25, 0.3) is 0 Å². The van der Waals surface area contributed by atoms with Crippen LogP contribution in [0.2, 0.25) is 5.02 Å². The normalized spacial score (nSPS) is 10.9. The van der Waals surface area contributed by atoms with Crippen LogP contribution >= 0.6 is 11.6 Å². The van der Waals surface area contributed by atoms with Gasteiger partial charge in [0.1, 0.15) is 12.1 Å². The molecule has 2 heterocycles. The molecule has 138 valence electrons. The molecule has 27 heavy (non-hydrogen) atoms. The van der Waals surface area contributed by atoms with E-state index in [1.807, 2.05) is 31.3 Å². The van der Waals surface area contributed by atoms with E-state index in [2.05, 4.69) is 25.7 Å². The van der Waals surface area contributed by atoms with Crippen LogP contribution in [-0.2, 0) is 4.79 Å². The molecular weight excluding hydrogens is 364 g/mol. The van der Waals surface area contributed by atoms with Crippen LogP contribution in [0.15, 0.2) is 55.0 Å². The van der Waals surface area contributed by atoms with Crippen molar-refractivity contribution in [3.05, 3.63) is 71.3 Å². The molecule has 0 atom stereocenters. The monoisotopic (exact) mass is 382 g/mol. The largest absolute Gasteiger partial charge is 0.368 e. The number of nitrogens with zero attached hydrogens (tertiary/aromatic N) is 4. The molecule has 3 rings (SSSR count). The van der Waals surface area contributed by atoms with E-state index < -0.39 is 0 Å². The standard InChI is InChI=1S/C19H19ClN6O/c1-14-8-11-26(25-14)18-12-17(23-13-24-18)21-9-10-22-19(27)7-4-15-2-5-16(20)6-3-15/h2-8,11-13H,9-10H2,1H3,(H,22,27)(H,21,23,24)/b7-4+. The molecule has 2 aromatic heterocycles. The maximum Gasteiger partial charge on any atom is 0.244 e. The SMILES string of the molecule is Cc1ccn(-c2cc(NCCNC(=O)/C=C/c3ccc(Cl)cc3)ncn2)n1. The Morgan fingerprint density at radius 2 is 2.00 bits per heavy atom. The molecule has 0 saturated carbocycles. The van der Waals surface area contributed by atoms with Crippen molar-refractivity contribution in [2.24, 2.45) is 0 Å². The van der Waals surface area contributed by atoms with Gasteiger partial charge in [-0.05, 0) is 36.8 Å². The van der Waals surface area contributed by atoms with E-state index in [0.29, 0.717) is 29.7 Å². The highest BCUT2D eigenvalue weighted by Gasteiger charge is 2.02. The van der Waals surface area contributed by atoms with E-state index in [9.17, 15) is 4.79 Å². The predicted molar refractivity (Wildman–Crippen MR) is 106 cm³/mol. The summed E-state index contributed by atoms with van der Waals surface area (Å²) in [6.45, 7) is 2.92. The zero-order valence-electron chi connectivity index (χ0n) is 14.8. The number of nitrogens with one attached hydrogen (secondary N) is 2. The summed E-state index contributed by atoms with van der Waals surface area (Å²) in [6.07, 6.45) is 6.55. The number of halogens is 1. The smallest absolute Gasteiger partial charge is 0.244 e. The summed E-state index contributed by atoms with van der Waals surface area (Å²) >= 11 is 5.83. The first-order valence-electron chi connectivity index (χ1n) is 8.40. The van der Waals surface area contributed by atoms with Crippen molar-refractivity contribution in [1.82, 2.24) is 25.1 Å². The highest BCUT2D eigenvalue weighted by molar-refractivity contribution is 6.30. The van der Waals surface area contributed by atoms with E-state index in [1.165, 1.54) is 12.4 Å². The van der Waals surface area contributed by atoms with Gasteiger partial charge in [-0.1, -0.05) is 23.7 Å². The molecule has 0 aliphatic carbocycles. The molecule has 0 unspecified atom stereocenters. The van der Waals surface area contributed by atoms with Crippen molar-refractivity contribution in [3.63, 3.8) is 0 Å². The van der Waals surface area contributed by atoms with Crippen LogP contribution in [0, 0.1) is 6.92 Å². The Balaban J connectivity index is 1.44. The second-order valence-electron chi connectivity index (χ2n) is 5.77. The van der Waals surface area contributed by atoms with Crippen LogP contribution in [0.3, 0.4) is 0 Å². The zero-order chi connectivity index (χ0) is 19.1. The van der Waals surface area contributed by atoms with Crippen molar-refractivity contribution in [2.75, 3.05) is 18.4 Å². The highest BCUT2D eigenvalue weighted by Crippen LogP contribution is 2.10. The number of anilines is 1. The average Bonchev–Trinajstić information content (AvgIpc) is 3.11. The van der Waals surface area contributed by atoms with Gasteiger partial charge in [-0.15, -0.1) is 0 Å². The Bertz CT molecular complexity index is 935. The first-order chi connectivity index (χ1) is 13.1. The number of aryl methyl sites for hydroxylation is 1. The lowest BCUT2D eigenvalue weighted by atomic mass is 10.2. The molecule has 0 aliphatic rings. The van der Waals surface area contributed by atoms with Gasteiger partial charge in [0.15, 0.2) is 5.82 Å². The Morgan fingerprint density at radius 3 is 2.74 bits per heavy atom. The lowest BCUT2D eigenvalue weighted by Crippen LogP contribution is -2.27. The number of carbonyl (C=O) groups excluding carboxylic acids is 1. The van der Waals surface area contributed by atoms with Gasteiger partial charge in [0, 0.05) is 36.5 Å². The summed E-state index contributed by atoms with van der Waals surface area (Å²) in [5.74, 6) is 1.18. The lowest BCUT2D eigenvalue weighted by molar-refractivity contribution is -0.116. The molecule has 1 amide bonds. The number of hydrogen-bond acceptors (Lipinski definition) is 5. The third-order valence-corrected chi connectivity index (χ3v) is 3.89. The third kappa shape index (κ3) is 5.65. The van der Waals surface area contributed by atoms with Crippen LogP contribution in [0.25, 0.3) is 11.9 Å². The number of amides is 1. The van der Waals surface area contributed by atoms with Crippen LogP contribution in [0.5, 0.6) is 0 Å². The molecule has 8 heteroatoms. The van der Waals surface area contributed by atoms with Gasteiger partial charge >= 0.3 is 0 Å². The highest BCUT2D eigenvalue weighted by atomic mass is 35.5. The van der Waals surface area contributed by atoms with E-state index in [4.69, 9.17) is 11.6 Å². The summed E-state index contributed by atoms with van der Waals surface area (Å²) in [5, 5.41) is 10.9. The number of carbonyl (C=O) groups is 1. The van der Waals surface area contributed by atoms with E-state index >= 15 is 0 Å². The van der Waals surface area contributed by atoms with Gasteiger partial charge in [0.2, 0.25) is 5.91 Å². The first kappa shape index (κ1) is 18.6. The molecule has 3 aromatic rings. The van der Waals surface area contributed by atoms with Gasteiger partial charge < -0.3 is 10.6 Å². The minimum atomic E-state index is -0.165. The fourth-order valence-electron chi connectivity index (χ4n) is 2.29. The van der Waals surface area contributed by atoms with Crippen molar-refractivity contribution in [3.8, 4) is 5.82 Å². The van der Waals surface area contributed by atoms with Gasteiger partial charge in [-0.2, -0.15) is 5.10 Å². The number of benzene rings is 1. The summed E-state index contributed by atoms with van der Waals surface area (Å²) in [5.41, 5.74) is 1.83. The molecule has 0 fully saturated rings. The number of aromatic nitrogens is 4. The Morgan fingerprint density at radius 1 is 1.19 bits per heavy atom. The Hall–Kier alpha value is -3.19. The summed E-state index contributed by atoms with van der Waals surface area (Å²) in [4.78, 5) is 20.2. The minimum Gasteiger partial charge on any atom is -0.368 e. The molecule has 0 aliphatic heterocycles. The second kappa shape index (κ2) is 8.95. The predicted octanol–water partition coefficient (Wildman–Crippen LogP) is 2.87. The molecule has 7 nitrogen and oxygen atoms in total. The van der Waals surface area contributed by atoms with Crippen molar-refractivity contribution < 1.29 is 4.79 Å². The molecule has 0 saturated heterocycles. The zero-order valence-corrected chi connectivity index (χ0v) is 15.5. The minimum absolute atomic E-state index is 0.165. The summed E-state index contributed by atoms with van der Waals surface area (Å²) in [7, 11) is 0. The lowest BCUT2D eigenvalue weighted by Gasteiger charge is -2.07. The summed E-state index contributed by atoms with van der Waals surface area (Å²) < 4.78 is 1.69. The molecule has 0 bridgehead atoms. The first-order valence-corrected chi connectivity index (χ1v) is 8.78. The summed E-state index contributed by atoms with van der Waals surface area (Å²) in [6, 6.07) is 11.0. The molecule has 1 aromatic carbocycles. The number of rotatable bonds is 7. The van der Waals surface area contributed by atoms with Crippen molar-refractivity contribution in [1.29, 1.82) is 0 Å². The van der Waals surface area contributed by atoms with Gasteiger partial charge in [-0.3, -0.25) is 4.79 Å². The molecule has 0 spiro atoms. The van der Waals surface area contributed by atoms with Gasteiger partial charge in [-0.25, -0.2) is 14.6 Å². The van der Waals surface area contributed by atoms with Crippen LogP contribution in [-0.4, -0.2) is 38.7 Å². The quantitative estimate of drug-likeness (QED) is 0.485. The van der Waals surface area contributed by atoms with Crippen LogP contribution in [0.1, 0.15) is 11.3 Å².